The number of nitrogens with zero attached hydrogens (tertiary/aromatic N) is 2. The van der Waals surface area contributed by atoms with E-state index < -0.39 is 10.0 Å². The second-order valence-electron chi connectivity index (χ2n) is 5.16. The monoisotopic (exact) mass is 306 g/mol. The van der Waals surface area contributed by atoms with Gasteiger partial charge in [0.1, 0.15) is 4.90 Å². The normalized spacial score (nSPS) is 14.5. The Morgan fingerprint density at radius 1 is 1.43 bits per heavy atom. The summed E-state index contributed by atoms with van der Waals surface area (Å²) < 4.78 is 28.5. The molecular weight excluding hydrogens is 288 g/mol. The molecule has 1 aliphatic heterocycles. The summed E-state index contributed by atoms with van der Waals surface area (Å²) >= 11 is 0. The molecule has 0 fully saturated rings. The minimum Gasteiger partial charge on any atom is -0.385 e. The Morgan fingerprint density at radius 3 is 3.05 bits per heavy atom. The van der Waals surface area contributed by atoms with Crippen molar-refractivity contribution in [1.82, 2.24) is 14.5 Å². The fourth-order valence-corrected chi connectivity index (χ4v) is 3.51. The molecule has 0 spiro atoms. The molecule has 0 unspecified atom stereocenters. The molecule has 1 aliphatic rings. The van der Waals surface area contributed by atoms with E-state index in [-0.39, 0.29) is 11.4 Å². The fourth-order valence-electron chi connectivity index (χ4n) is 2.52. The topological polar surface area (TPSA) is 76.0 Å². The predicted molar refractivity (Wildman–Crippen MR) is 80.5 cm³/mol. The molecule has 0 bridgehead atoms. The van der Waals surface area contributed by atoms with Crippen molar-refractivity contribution in [3.8, 4) is 0 Å². The number of benzene rings is 1. The van der Waals surface area contributed by atoms with Crippen molar-refractivity contribution in [3.63, 3.8) is 0 Å². The van der Waals surface area contributed by atoms with E-state index in [0.717, 1.165) is 30.6 Å². The van der Waals surface area contributed by atoms with Crippen LogP contribution in [0.5, 0.6) is 0 Å². The minimum absolute atomic E-state index is 0.183. The van der Waals surface area contributed by atoms with Crippen molar-refractivity contribution in [1.29, 1.82) is 0 Å². The average molecular weight is 306 g/mol. The third-order valence-corrected chi connectivity index (χ3v) is 4.96. The second-order valence-corrected chi connectivity index (χ2v) is 6.92. The molecule has 3 rings (SSSR count). The van der Waals surface area contributed by atoms with Crippen molar-refractivity contribution in [2.45, 2.75) is 24.3 Å². The van der Waals surface area contributed by atoms with Gasteiger partial charge in [-0.05, 0) is 24.0 Å². The van der Waals surface area contributed by atoms with Gasteiger partial charge in [0.05, 0.1) is 6.20 Å². The van der Waals surface area contributed by atoms with Gasteiger partial charge < -0.3 is 5.32 Å². The Balaban J connectivity index is 1.79. The maximum atomic E-state index is 12.2. The molecule has 7 heteroatoms. The number of hydrogen-bond acceptors (Lipinski definition) is 4. The van der Waals surface area contributed by atoms with Crippen LogP contribution < -0.4 is 10.0 Å². The van der Waals surface area contributed by atoms with Crippen molar-refractivity contribution < 1.29 is 8.42 Å². The highest BCUT2D eigenvalue weighted by atomic mass is 32.2. The molecule has 2 aromatic rings. The summed E-state index contributed by atoms with van der Waals surface area (Å²) in [5, 5.41) is 7.25. The average Bonchev–Trinajstić information content (AvgIpc) is 2.93. The Bertz CT molecular complexity index is 752. The van der Waals surface area contributed by atoms with Gasteiger partial charge in [-0.25, -0.2) is 13.1 Å². The zero-order valence-electron chi connectivity index (χ0n) is 11.8. The molecule has 0 atom stereocenters. The molecule has 0 saturated heterocycles. The Morgan fingerprint density at radius 2 is 2.29 bits per heavy atom. The van der Waals surface area contributed by atoms with Gasteiger partial charge in [0.15, 0.2) is 0 Å². The van der Waals surface area contributed by atoms with Gasteiger partial charge in [0.25, 0.3) is 0 Å². The number of sulfonamides is 1. The lowest BCUT2D eigenvalue weighted by molar-refractivity contribution is 0.581. The Hall–Kier alpha value is -1.86. The third-order valence-electron chi connectivity index (χ3n) is 3.61. The first-order valence-electron chi connectivity index (χ1n) is 6.89. The number of aryl methyl sites for hydroxylation is 2. The van der Waals surface area contributed by atoms with E-state index in [1.807, 2.05) is 12.1 Å². The third kappa shape index (κ3) is 2.93. The zero-order chi connectivity index (χ0) is 14.9. The zero-order valence-corrected chi connectivity index (χ0v) is 12.7. The molecule has 2 N–H and O–H groups in total. The van der Waals surface area contributed by atoms with Gasteiger partial charge in [-0.1, -0.05) is 18.2 Å². The van der Waals surface area contributed by atoms with Crippen LogP contribution in [0.15, 0.2) is 35.5 Å². The largest absolute Gasteiger partial charge is 0.385 e. The number of hydrogen-bond donors (Lipinski definition) is 2. The van der Waals surface area contributed by atoms with E-state index in [1.165, 1.54) is 22.6 Å². The summed E-state index contributed by atoms with van der Waals surface area (Å²) in [6.07, 6.45) is 4.98. The van der Waals surface area contributed by atoms with Crippen molar-refractivity contribution >= 4 is 15.7 Å². The highest BCUT2D eigenvalue weighted by molar-refractivity contribution is 7.89. The summed E-state index contributed by atoms with van der Waals surface area (Å²) in [6.45, 7) is 1.20. The molecule has 2 heterocycles. The molecule has 1 aromatic heterocycles. The number of rotatable bonds is 4. The summed E-state index contributed by atoms with van der Waals surface area (Å²) in [5.41, 5.74) is 3.29. The van der Waals surface area contributed by atoms with Crippen molar-refractivity contribution in [2.75, 3.05) is 11.9 Å². The quantitative estimate of drug-likeness (QED) is 0.891. The van der Waals surface area contributed by atoms with Crippen molar-refractivity contribution in [2.24, 2.45) is 7.05 Å². The van der Waals surface area contributed by atoms with Crippen LogP contribution in [-0.4, -0.2) is 24.7 Å². The Labute approximate surface area is 124 Å². The molecule has 6 nitrogen and oxygen atoms in total. The van der Waals surface area contributed by atoms with Crippen LogP contribution in [-0.2, 0) is 30.0 Å². The Kier molecular flexibility index (Phi) is 3.69. The first-order chi connectivity index (χ1) is 10.1. The van der Waals surface area contributed by atoms with Gasteiger partial charge in [0, 0.05) is 32.0 Å². The summed E-state index contributed by atoms with van der Waals surface area (Å²) in [5.74, 6) is 0. The minimum atomic E-state index is -3.53. The van der Waals surface area contributed by atoms with Gasteiger partial charge in [-0.15, -0.1) is 0 Å². The molecule has 0 aliphatic carbocycles. The summed E-state index contributed by atoms with van der Waals surface area (Å²) in [4.78, 5) is 0.183. The van der Waals surface area contributed by atoms with Crippen LogP contribution in [0.3, 0.4) is 0 Å². The molecular formula is C14H18N4O2S. The van der Waals surface area contributed by atoms with Gasteiger partial charge in [-0.2, -0.15) is 5.10 Å². The fraction of sp³-hybridized carbons (Fsp3) is 0.357. The van der Waals surface area contributed by atoms with Gasteiger partial charge in [0.2, 0.25) is 10.0 Å². The standard InChI is InChI=1S/C14H18N4O2S/c1-18-10-13(9-16-18)21(19,20)17-8-12-5-2-4-11-6-3-7-15-14(11)12/h2,4-5,9-10,15,17H,3,6-8H2,1H3. The van der Waals surface area contributed by atoms with E-state index in [2.05, 4.69) is 21.2 Å². The van der Waals surface area contributed by atoms with E-state index in [4.69, 9.17) is 0 Å². The van der Waals surface area contributed by atoms with E-state index in [1.54, 1.807) is 7.05 Å². The highest BCUT2D eigenvalue weighted by Crippen LogP contribution is 2.26. The number of nitrogens with one attached hydrogen (secondary N) is 2. The lowest BCUT2D eigenvalue weighted by Gasteiger charge is -2.21. The SMILES string of the molecule is Cn1cc(S(=O)(=O)NCc2cccc3c2NCCC3)cn1. The number of fused-ring (bicyclic) bond motifs is 1. The number of anilines is 1. The lowest BCUT2D eigenvalue weighted by Crippen LogP contribution is -2.24. The van der Waals surface area contributed by atoms with Gasteiger partial charge >= 0.3 is 0 Å². The van der Waals surface area contributed by atoms with Crippen LogP contribution >= 0.6 is 0 Å². The van der Waals surface area contributed by atoms with Crippen molar-refractivity contribution in [3.05, 3.63) is 41.7 Å². The number of aromatic nitrogens is 2. The maximum absolute atomic E-state index is 12.2. The molecule has 0 saturated carbocycles. The van der Waals surface area contributed by atoms with Crippen LogP contribution in [0.25, 0.3) is 0 Å². The molecule has 21 heavy (non-hydrogen) atoms. The first-order valence-corrected chi connectivity index (χ1v) is 8.37. The molecule has 0 radical (unpaired) electrons. The summed E-state index contributed by atoms with van der Waals surface area (Å²) in [7, 11) is -1.83. The van der Waals surface area contributed by atoms with E-state index in [9.17, 15) is 8.42 Å². The molecule has 1 aromatic carbocycles. The van der Waals surface area contributed by atoms with Crippen LogP contribution in [0.2, 0.25) is 0 Å². The van der Waals surface area contributed by atoms with E-state index in [0.29, 0.717) is 0 Å². The van der Waals surface area contributed by atoms with E-state index >= 15 is 0 Å². The first kappa shape index (κ1) is 14.1. The van der Waals surface area contributed by atoms with Gasteiger partial charge in [-0.3, -0.25) is 4.68 Å². The predicted octanol–water partition coefficient (Wildman–Crippen LogP) is 1.26. The maximum Gasteiger partial charge on any atom is 0.243 e. The second kappa shape index (κ2) is 5.50. The molecule has 112 valence electrons. The molecule has 0 amide bonds. The van der Waals surface area contributed by atoms with Crippen LogP contribution in [0, 0.1) is 0 Å². The lowest BCUT2D eigenvalue weighted by atomic mass is 9.99. The summed E-state index contributed by atoms with van der Waals surface area (Å²) in [6, 6.07) is 6.00. The highest BCUT2D eigenvalue weighted by Gasteiger charge is 2.18. The number of para-hydroxylation sites is 1. The van der Waals surface area contributed by atoms with Crippen LogP contribution in [0.4, 0.5) is 5.69 Å². The van der Waals surface area contributed by atoms with Crippen LogP contribution in [0.1, 0.15) is 17.5 Å². The smallest absolute Gasteiger partial charge is 0.243 e.